The smallest absolute Gasteiger partial charge is 0.137 e. The highest BCUT2D eigenvalue weighted by Gasteiger charge is 2.48. The molecule has 2 aromatic carbocycles. The normalized spacial score (nSPS) is 26.1. The molecule has 6 rings (SSSR count). The summed E-state index contributed by atoms with van der Waals surface area (Å²) in [5, 5.41) is 12.6. The number of carbonyl (C=O) groups excluding carboxylic acids is 1. The first-order chi connectivity index (χ1) is 17.1. The van der Waals surface area contributed by atoms with Crippen molar-refractivity contribution in [2.75, 3.05) is 26.2 Å². The Kier molecular flexibility index (Phi) is 6.52. The number of carboxylic acid groups (broad SMARTS) is 1. The number of nitrogens with zero attached hydrogens (tertiary/aromatic N) is 2. The Morgan fingerprint density at radius 1 is 1.17 bits per heavy atom. The SMILES string of the molecule is CCCOc1c(C)cc(-c2cc3c(cc2F)[C@H](N(C(=O)[O-])[C@@H]2CN4CCC2CC4)C(C)(C)C3)cc1C. The summed E-state index contributed by atoms with van der Waals surface area (Å²) in [5.74, 6) is 0.895. The second-order valence-electron chi connectivity index (χ2n) is 11.8. The average Bonchev–Trinajstić information content (AvgIpc) is 3.08. The number of hydrogen-bond acceptors (Lipinski definition) is 4. The first kappa shape index (κ1) is 25.1. The molecule has 2 aromatic rings. The van der Waals surface area contributed by atoms with E-state index < -0.39 is 12.1 Å². The molecular formula is C30H38FN2O3-. The third-order valence-electron chi connectivity index (χ3n) is 8.60. The van der Waals surface area contributed by atoms with Crippen molar-refractivity contribution in [3.63, 3.8) is 0 Å². The minimum atomic E-state index is -1.14. The molecule has 1 aliphatic carbocycles. The van der Waals surface area contributed by atoms with Crippen molar-refractivity contribution in [3.05, 3.63) is 52.3 Å². The number of aryl methyl sites for hydroxylation is 2. The van der Waals surface area contributed by atoms with E-state index in [0.29, 0.717) is 24.5 Å². The van der Waals surface area contributed by atoms with E-state index in [9.17, 15) is 9.90 Å². The van der Waals surface area contributed by atoms with Crippen LogP contribution in [0.3, 0.4) is 0 Å². The topological polar surface area (TPSA) is 55.8 Å². The lowest BCUT2D eigenvalue weighted by molar-refractivity contribution is -0.276. The number of halogens is 1. The summed E-state index contributed by atoms with van der Waals surface area (Å²) in [7, 11) is 0. The molecule has 0 spiro atoms. The van der Waals surface area contributed by atoms with Gasteiger partial charge in [0.15, 0.2) is 0 Å². The van der Waals surface area contributed by atoms with Gasteiger partial charge >= 0.3 is 0 Å². The van der Waals surface area contributed by atoms with Gasteiger partial charge in [0.25, 0.3) is 0 Å². The third kappa shape index (κ3) is 4.27. The Morgan fingerprint density at radius 3 is 2.39 bits per heavy atom. The van der Waals surface area contributed by atoms with Gasteiger partial charge in [-0.15, -0.1) is 0 Å². The Balaban J connectivity index is 1.53. The Bertz CT molecular complexity index is 1150. The largest absolute Gasteiger partial charge is 0.530 e. The van der Waals surface area contributed by atoms with Crippen LogP contribution in [0.2, 0.25) is 0 Å². The van der Waals surface area contributed by atoms with Crippen LogP contribution in [-0.4, -0.2) is 48.2 Å². The maximum absolute atomic E-state index is 15.8. The van der Waals surface area contributed by atoms with E-state index in [1.54, 1.807) is 11.0 Å². The molecule has 0 radical (unpaired) electrons. The molecule has 3 heterocycles. The molecule has 0 aromatic heterocycles. The summed E-state index contributed by atoms with van der Waals surface area (Å²) in [6.45, 7) is 13.7. The summed E-state index contributed by atoms with van der Waals surface area (Å²) >= 11 is 0. The fourth-order valence-electron chi connectivity index (χ4n) is 7.02. The quantitative estimate of drug-likeness (QED) is 0.551. The van der Waals surface area contributed by atoms with E-state index in [2.05, 4.69) is 25.7 Å². The van der Waals surface area contributed by atoms with E-state index >= 15 is 4.39 Å². The maximum Gasteiger partial charge on any atom is 0.137 e. The minimum Gasteiger partial charge on any atom is -0.530 e. The molecule has 4 aliphatic rings. The molecule has 0 unspecified atom stereocenters. The van der Waals surface area contributed by atoms with Gasteiger partial charge in [-0.25, -0.2) is 4.39 Å². The minimum absolute atomic E-state index is 0.101. The predicted molar refractivity (Wildman–Crippen MR) is 138 cm³/mol. The van der Waals surface area contributed by atoms with Gasteiger partial charge in [-0.2, -0.15) is 0 Å². The highest BCUT2D eigenvalue weighted by molar-refractivity contribution is 5.71. The second kappa shape index (κ2) is 9.37. The molecule has 5 nitrogen and oxygen atoms in total. The molecule has 3 saturated heterocycles. The number of rotatable bonds is 6. The van der Waals surface area contributed by atoms with Crippen molar-refractivity contribution < 1.29 is 19.0 Å². The zero-order chi connectivity index (χ0) is 25.8. The van der Waals surface area contributed by atoms with Gasteiger partial charge in [-0.3, -0.25) is 0 Å². The molecule has 2 atom stereocenters. The lowest BCUT2D eigenvalue weighted by Gasteiger charge is -2.53. The van der Waals surface area contributed by atoms with Crippen LogP contribution in [0.25, 0.3) is 11.1 Å². The van der Waals surface area contributed by atoms with Gasteiger partial charge in [0.1, 0.15) is 17.7 Å². The summed E-state index contributed by atoms with van der Waals surface area (Å²) in [5.41, 5.74) is 4.81. The highest BCUT2D eigenvalue weighted by atomic mass is 19.1. The first-order valence-electron chi connectivity index (χ1n) is 13.4. The van der Waals surface area contributed by atoms with Crippen LogP contribution in [0.15, 0.2) is 24.3 Å². The number of ether oxygens (including phenoxy) is 1. The number of carbonyl (C=O) groups is 1. The average molecular weight is 494 g/mol. The van der Waals surface area contributed by atoms with Crippen molar-refractivity contribution in [3.8, 4) is 16.9 Å². The molecule has 6 heteroatoms. The Hall–Kier alpha value is -2.60. The number of hydrogen-bond donors (Lipinski definition) is 0. The first-order valence-corrected chi connectivity index (χ1v) is 13.4. The van der Waals surface area contributed by atoms with Gasteiger partial charge in [-0.05, 0) is 116 Å². The second-order valence-corrected chi connectivity index (χ2v) is 11.8. The fraction of sp³-hybridized carbons (Fsp3) is 0.567. The summed E-state index contributed by atoms with van der Waals surface area (Å²) < 4.78 is 21.7. The zero-order valence-corrected chi connectivity index (χ0v) is 22.2. The summed E-state index contributed by atoms with van der Waals surface area (Å²) in [4.78, 5) is 16.5. The van der Waals surface area contributed by atoms with E-state index in [-0.39, 0.29) is 17.3 Å². The lowest BCUT2D eigenvalue weighted by atomic mass is 9.79. The van der Waals surface area contributed by atoms with Crippen LogP contribution < -0.4 is 9.84 Å². The van der Waals surface area contributed by atoms with E-state index in [4.69, 9.17) is 4.74 Å². The van der Waals surface area contributed by atoms with Gasteiger partial charge in [0.05, 0.1) is 12.6 Å². The molecule has 0 saturated carbocycles. The van der Waals surface area contributed by atoms with Crippen LogP contribution in [0.4, 0.5) is 9.18 Å². The fourth-order valence-corrected chi connectivity index (χ4v) is 7.02. The third-order valence-corrected chi connectivity index (χ3v) is 8.60. The van der Waals surface area contributed by atoms with Gasteiger partial charge < -0.3 is 24.4 Å². The van der Waals surface area contributed by atoms with Crippen molar-refractivity contribution in [2.24, 2.45) is 11.3 Å². The maximum atomic E-state index is 15.8. The molecule has 194 valence electrons. The van der Waals surface area contributed by atoms with E-state index in [0.717, 1.165) is 72.5 Å². The van der Waals surface area contributed by atoms with Gasteiger partial charge in [0, 0.05) is 18.2 Å². The van der Waals surface area contributed by atoms with Crippen LogP contribution in [0, 0.1) is 31.0 Å². The Labute approximate surface area is 214 Å². The summed E-state index contributed by atoms with van der Waals surface area (Å²) in [6, 6.07) is 6.99. The highest BCUT2D eigenvalue weighted by Crippen LogP contribution is 2.52. The number of piperidine rings is 3. The van der Waals surface area contributed by atoms with Crippen LogP contribution in [0.5, 0.6) is 5.75 Å². The van der Waals surface area contributed by atoms with E-state index in [1.165, 1.54) is 0 Å². The van der Waals surface area contributed by atoms with Gasteiger partial charge in [-0.1, -0.05) is 20.8 Å². The molecule has 3 aliphatic heterocycles. The van der Waals surface area contributed by atoms with Crippen molar-refractivity contribution in [2.45, 2.75) is 72.4 Å². The summed E-state index contributed by atoms with van der Waals surface area (Å²) in [6.07, 6.45) is 2.51. The standard InChI is InChI=1S/C30H39FN2O3/c1-6-11-36-27-18(2)12-21(13-19(27)3)23-14-22-16-30(4,5)28(24(22)15-25(23)31)33(29(34)35)26-17-32-9-7-20(26)8-10-32/h12-15,20,26,28H,6-11,16-17H2,1-5H3,(H,34,35)/p-1/t26-,28+/m1/s1. The van der Waals surface area contributed by atoms with Crippen LogP contribution in [-0.2, 0) is 6.42 Å². The van der Waals surface area contributed by atoms with Crippen LogP contribution in [0.1, 0.15) is 68.3 Å². The number of fused-ring (bicyclic) bond motifs is 4. The molecule has 3 fully saturated rings. The zero-order valence-electron chi connectivity index (χ0n) is 22.2. The van der Waals surface area contributed by atoms with E-state index in [1.807, 2.05) is 32.0 Å². The number of amides is 1. The van der Waals surface area contributed by atoms with Crippen molar-refractivity contribution >= 4 is 6.09 Å². The van der Waals surface area contributed by atoms with Crippen LogP contribution >= 0.6 is 0 Å². The van der Waals surface area contributed by atoms with Crippen molar-refractivity contribution in [1.29, 1.82) is 0 Å². The molecule has 36 heavy (non-hydrogen) atoms. The number of benzene rings is 2. The lowest BCUT2D eigenvalue weighted by Crippen LogP contribution is -2.62. The predicted octanol–water partition coefficient (Wildman–Crippen LogP) is 5.26. The van der Waals surface area contributed by atoms with Gasteiger partial charge in [0.2, 0.25) is 0 Å². The molecular weight excluding hydrogens is 455 g/mol. The molecule has 2 bridgehead atoms. The monoisotopic (exact) mass is 493 g/mol. The molecule has 1 amide bonds. The molecule has 0 N–H and O–H groups in total. The Morgan fingerprint density at radius 2 is 1.83 bits per heavy atom. The van der Waals surface area contributed by atoms with Crippen molar-refractivity contribution in [1.82, 2.24) is 9.80 Å².